The molecule has 0 radical (unpaired) electrons. The normalized spacial score (nSPS) is 12.2. The molecule has 0 aliphatic rings. The number of benzene rings is 1. The van der Waals surface area contributed by atoms with Crippen molar-refractivity contribution >= 4 is 35.0 Å². The average molecular weight is 260 g/mol. The van der Waals surface area contributed by atoms with Gasteiger partial charge in [-0.2, -0.15) is 11.8 Å². The van der Waals surface area contributed by atoms with Crippen LogP contribution in [0.5, 0.6) is 0 Å². The van der Waals surface area contributed by atoms with E-state index in [0.29, 0.717) is 10.7 Å². The maximum absolute atomic E-state index is 11.0. The molecule has 16 heavy (non-hydrogen) atoms. The minimum absolute atomic E-state index is 0.209. The molecule has 0 aliphatic heterocycles. The smallest absolute Gasteiger partial charge is 0.337 e. The van der Waals surface area contributed by atoms with Gasteiger partial charge < -0.3 is 10.4 Å². The second-order valence-corrected chi connectivity index (χ2v) is 4.84. The summed E-state index contributed by atoms with van der Waals surface area (Å²) in [7, 11) is 0. The Kier molecular flexibility index (Phi) is 4.96. The molecular weight excluding hydrogens is 246 g/mol. The fourth-order valence-electron chi connectivity index (χ4n) is 1.38. The van der Waals surface area contributed by atoms with Gasteiger partial charge in [0.25, 0.3) is 0 Å². The van der Waals surface area contributed by atoms with Gasteiger partial charge in [0.2, 0.25) is 0 Å². The first-order valence-electron chi connectivity index (χ1n) is 4.83. The van der Waals surface area contributed by atoms with Gasteiger partial charge in [0.1, 0.15) is 0 Å². The molecule has 1 unspecified atom stereocenters. The first-order chi connectivity index (χ1) is 7.54. The summed E-state index contributed by atoms with van der Waals surface area (Å²) in [5.41, 5.74) is 0.818. The third-order valence-electron chi connectivity index (χ3n) is 2.03. The topological polar surface area (TPSA) is 49.3 Å². The molecule has 0 fully saturated rings. The van der Waals surface area contributed by atoms with Crippen LogP contribution in [0.3, 0.4) is 0 Å². The third kappa shape index (κ3) is 3.61. The van der Waals surface area contributed by atoms with Crippen molar-refractivity contribution in [3.63, 3.8) is 0 Å². The van der Waals surface area contributed by atoms with E-state index in [4.69, 9.17) is 16.7 Å². The van der Waals surface area contributed by atoms with Crippen LogP contribution in [0.15, 0.2) is 18.2 Å². The standard InChI is InChI=1S/C11H14ClNO2S/c1-7(6-16-2)13-10-4-3-8(12)5-9(10)11(14)15/h3-5,7,13H,6H2,1-2H3,(H,14,15). The van der Waals surface area contributed by atoms with Gasteiger partial charge in [-0.25, -0.2) is 4.79 Å². The van der Waals surface area contributed by atoms with Crippen molar-refractivity contribution in [2.75, 3.05) is 17.3 Å². The summed E-state index contributed by atoms with van der Waals surface area (Å²) in [6.45, 7) is 2.01. The van der Waals surface area contributed by atoms with Gasteiger partial charge in [-0.3, -0.25) is 0 Å². The molecule has 0 heterocycles. The lowest BCUT2D eigenvalue weighted by molar-refractivity contribution is 0.0698. The molecule has 0 aliphatic carbocycles. The Labute approximate surface area is 104 Å². The molecule has 5 heteroatoms. The number of halogens is 1. The molecule has 1 aromatic carbocycles. The Morgan fingerprint density at radius 1 is 1.62 bits per heavy atom. The van der Waals surface area contributed by atoms with Gasteiger partial charge in [-0.15, -0.1) is 0 Å². The molecule has 0 amide bonds. The van der Waals surface area contributed by atoms with Crippen LogP contribution in [-0.2, 0) is 0 Å². The van der Waals surface area contributed by atoms with Gasteiger partial charge in [0.15, 0.2) is 0 Å². The molecule has 0 saturated carbocycles. The zero-order chi connectivity index (χ0) is 12.1. The summed E-state index contributed by atoms with van der Waals surface area (Å²) in [4.78, 5) is 11.0. The minimum atomic E-state index is -0.971. The Bertz CT molecular complexity index is 384. The van der Waals surface area contributed by atoms with Crippen molar-refractivity contribution in [2.24, 2.45) is 0 Å². The lowest BCUT2D eigenvalue weighted by atomic mass is 10.1. The van der Waals surface area contributed by atoms with Crippen LogP contribution in [-0.4, -0.2) is 29.1 Å². The van der Waals surface area contributed by atoms with Gasteiger partial charge in [0, 0.05) is 22.5 Å². The predicted octanol–water partition coefficient (Wildman–Crippen LogP) is 3.20. The van der Waals surface area contributed by atoms with Crippen molar-refractivity contribution in [1.29, 1.82) is 0 Å². The molecule has 1 aromatic rings. The zero-order valence-corrected chi connectivity index (χ0v) is 10.7. The molecule has 1 rings (SSSR count). The SMILES string of the molecule is CSCC(C)Nc1ccc(Cl)cc1C(=O)O. The largest absolute Gasteiger partial charge is 0.478 e. The second-order valence-electron chi connectivity index (χ2n) is 3.50. The van der Waals surface area contributed by atoms with Crippen LogP contribution < -0.4 is 5.32 Å². The highest BCUT2D eigenvalue weighted by Crippen LogP contribution is 2.21. The molecule has 0 aromatic heterocycles. The summed E-state index contributed by atoms with van der Waals surface area (Å²) in [6.07, 6.45) is 2.01. The number of carbonyl (C=O) groups is 1. The molecule has 0 bridgehead atoms. The molecule has 3 nitrogen and oxygen atoms in total. The Hall–Kier alpha value is -0.870. The summed E-state index contributed by atoms with van der Waals surface area (Å²) in [5, 5.41) is 12.6. The molecule has 0 spiro atoms. The minimum Gasteiger partial charge on any atom is -0.478 e. The Morgan fingerprint density at radius 2 is 2.31 bits per heavy atom. The van der Waals surface area contributed by atoms with Crippen LogP contribution in [0.1, 0.15) is 17.3 Å². The number of carboxylic acids is 1. The number of thioether (sulfide) groups is 1. The van der Waals surface area contributed by atoms with E-state index in [-0.39, 0.29) is 11.6 Å². The van der Waals surface area contributed by atoms with E-state index < -0.39 is 5.97 Å². The third-order valence-corrected chi connectivity index (χ3v) is 3.10. The fourth-order valence-corrected chi connectivity index (χ4v) is 2.13. The number of carboxylic acid groups (broad SMARTS) is 1. The summed E-state index contributed by atoms with van der Waals surface area (Å²) in [5.74, 6) is -0.0526. The monoisotopic (exact) mass is 259 g/mol. The number of anilines is 1. The summed E-state index contributed by atoms with van der Waals surface area (Å²) < 4.78 is 0. The number of hydrogen-bond acceptors (Lipinski definition) is 3. The van der Waals surface area contributed by atoms with E-state index in [1.165, 1.54) is 6.07 Å². The van der Waals surface area contributed by atoms with Crippen molar-refractivity contribution in [2.45, 2.75) is 13.0 Å². The van der Waals surface area contributed by atoms with E-state index in [0.717, 1.165) is 5.75 Å². The first kappa shape index (κ1) is 13.2. The van der Waals surface area contributed by atoms with Crippen molar-refractivity contribution in [3.8, 4) is 0 Å². The summed E-state index contributed by atoms with van der Waals surface area (Å²) >= 11 is 7.47. The highest BCUT2D eigenvalue weighted by Gasteiger charge is 2.12. The Morgan fingerprint density at radius 3 is 2.88 bits per heavy atom. The number of hydrogen-bond donors (Lipinski definition) is 2. The van der Waals surface area contributed by atoms with E-state index in [2.05, 4.69) is 5.32 Å². The number of aromatic carboxylic acids is 1. The molecule has 88 valence electrons. The highest BCUT2D eigenvalue weighted by atomic mass is 35.5. The van der Waals surface area contributed by atoms with Crippen molar-refractivity contribution in [1.82, 2.24) is 0 Å². The highest BCUT2D eigenvalue weighted by molar-refractivity contribution is 7.98. The van der Waals surface area contributed by atoms with Crippen LogP contribution in [0.4, 0.5) is 5.69 Å². The fraction of sp³-hybridized carbons (Fsp3) is 0.364. The van der Waals surface area contributed by atoms with E-state index in [1.54, 1.807) is 23.9 Å². The van der Waals surface area contributed by atoms with Gasteiger partial charge >= 0.3 is 5.97 Å². The van der Waals surface area contributed by atoms with E-state index in [9.17, 15) is 4.79 Å². The maximum atomic E-state index is 11.0. The number of nitrogens with one attached hydrogen (secondary N) is 1. The van der Waals surface area contributed by atoms with Crippen LogP contribution in [0, 0.1) is 0 Å². The van der Waals surface area contributed by atoms with Crippen LogP contribution >= 0.6 is 23.4 Å². The average Bonchev–Trinajstić information content (AvgIpc) is 2.20. The lowest BCUT2D eigenvalue weighted by Crippen LogP contribution is -2.19. The number of rotatable bonds is 5. The molecule has 2 N–H and O–H groups in total. The van der Waals surface area contributed by atoms with Gasteiger partial charge in [0.05, 0.1) is 5.56 Å². The lowest BCUT2D eigenvalue weighted by Gasteiger charge is -2.15. The quantitative estimate of drug-likeness (QED) is 0.853. The van der Waals surface area contributed by atoms with E-state index in [1.807, 2.05) is 13.2 Å². The molecule has 1 atom stereocenters. The van der Waals surface area contributed by atoms with E-state index >= 15 is 0 Å². The van der Waals surface area contributed by atoms with Crippen molar-refractivity contribution < 1.29 is 9.90 Å². The maximum Gasteiger partial charge on any atom is 0.337 e. The molecular formula is C11H14ClNO2S. The molecule has 0 saturated heterocycles. The Balaban J connectivity index is 2.90. The zero-order valence-electron chi connectivity index (χ0n) is 9.16. The van der Waals surface area contributed by atoms with Gasteiger partial charge in [-0.05, 0) is 31.4 Å². The van der Waals surface area contributed by atoms with Gasteiger partial charge in [-0.1, -0.05) is 11.6 Å². The van der Waals surface area contributed by atoms with Crippen molar-refractivity contribution in [3.05, 3.63) is 28.8 Å². The van der Waals surface area contributed by atoms with Crippen LogP contribution in [0.25, 0.3) is 0 Å². The predicted molar refractivity (Wildman–Crippen MR) is 69.9 cm³/mol. The van der Waals surface area contributed by atoms with Crippen LogP contribution in [0.2, 0.25) is 5.02 Å². The first-order valence-corrected chi connectivity index (χ1v) is 6.60. The second kappa shape index (κ2) is 6.01. The summed E-state index contributed by atoms with van der Waals surface area (Å²) in [6, 6.07) is 5.05.